The summed E-state index contributed by atoms with van der Waals surface area (Å²) in [6, 6.07) is 6.99. The zero-order valence-corrected chi connectivity index (χ0v) is 13.0. The molecule has 4 nitrogen and oxygen atoms in total. The van der Waals surface area contributed by atoms with Crippen LogP contribution in [0.3, 0.4) is 0 Å². The summed E-state index contributed by atoms with van der Waals surface area (Å²) in [4.78, 5) is 17.2. The Morgan fingerprint density at radius 3 is 2.86 bits per heavy atom. The van der Waals surface area contributed by atoms with Gasteiger partial charge in [0.2, 0.25) is 0 Å². The molecular weight excluding hydrogens is 306 g/mol. The van der Waals surface area contributed by atoms with Gasteiger partial charge in [0.1, 0.15) is 5.69 Å². The van der Waals surface area contributed by atoms with Gasteiger partial charge in [0.15, 0.2) is 0 Å². The highest BCUT2D eigenvalue weighted by atomic mass is 35.5. The van der Waals surface area contributed by atoms with E-state index in [0.29, 0.717) is 16.6 Å². The molecule has 0 aliphatic heterocycles. The number of amides is 1. The summed E-state index contributed by atoms with van der Waals surface area (Å²) in [7, 11) is 0. The number of nitrogens with two attached hydrogens (primary N) is 1. The van der Waals surface area contributed by atoms with Crippen LogP contribution < -0.4 is 11.1 Å². The van der Waals surface area contributed by atoms with Crippen molar-refractivity contribution < 1.29 is 4.79 Å². The second kappa shape index (κ2) is 7.23. The molecule has 0 spiro atoms. The summed E-state index contributed by atoms with van der Waals surface area (Å²) in [6.07, 6.45) is 1.56. The molecule has 1 unspecified atom stereocenters. The molecule has 1 atom stereocenters. The Hall–Kier alpha value is -1.87. The minimum absolute atomic E-state index is 0.117. The summed E-state index contributed by atoms with van der Waals surface area (Å²) in [5, 5.41) is 2.88. The lowest BCUT2D eigenvalue weighted by Gasteiger charge is -2.11. The zero-order chi connectivity index (χ0) is 15.2. The average Bonchev–Trinajstić information content (AvgIpc) is 2.92. The lowest BCUT2D eigenvalue weighted by molar-refractivity contribution is 0.0935. The van der Waals surface area contributed by atoms with Crippen LogP contribution in [0, 0.1) is 11.8 Å². The van der Waals surface area contributed by atoms with Gasteiger partial charge in [0.05, 0.1) is 16.9 Å². The molecule has 0 aromatic carbocycles. The van der Waals surface area contributed by atoms with Crippen molar-refractivity contribution in [2.24, 2.45) is 5.73 Å². The standard InChI is InChI=1S/C15H14ClN3OS/c1-10(13-6-7-14(16)21-13)19-15(20)12-5-4-11(9-18-12)3-2-8-17/h4-7,9-10H,8,17H2,1H3,(H,19,20). The van der Waals surface area contributed by atoms with Crippen molar-refractivity contribution in [1.29, 1.82) is 0 Å². The molecule has 2 heterocycles. The number of rotatable bonds is 3. The Kier molecular flexibility index (Phi) is 5.34. The molecule has 0 fully saturated rings. The van der Waals surface area contributed by atoms with E-state index >= 15 is 0 Å². The Bertz CT molecular complexity index is 685. The normalized spacial score (nSPS) is 11.4. The second-order valence-electron chi connectivity index (χ2n) is 4.28. The molecule has 2 aromatic rings. The van der Waals surface area contributed by atoms with Crippen LogP contribution in [0.15, 0.2) is 30.5 Å². The first kappa shape index (κ1) is 15.5. The van der Waals surface area contributed by atoms with Gasteiger partial charge < -0.3 is 11.1 Å². The number of pyridine rings is 1. The highest BCUT2D eigenvalue weighted by Gasteiger charge is 2.13. The van der Waals surface area contributed by atoms with Crippen LogP contribution in [-0.2, 0) is 0 Å². The zero-order valence-electron chi connectivity index (χ0n) is 11.4. The van der Waals surface area contributed by atoms with Crippen LogP contribution in [0.25, 0.3) is 0 Å². The first-order valence-corrected chi connectivity index (χ1v) is 7.50. The van der Waals surface area contributed by atoms with Crippen LogP contribution in [0.2, 0.25) is 4.34 Å². The van der Waals surface area contributed by atoms with Gasteiger partial charge in [-0.15, -0.1) is 11.3 Å². The molecule has 6 heteroatoms. The van der Waals surface area contributed by atoms with Gasteiger partial charge in [0, 0.05) is 16.6 Å². The largest absolute Gasteiger partial charge is 0.343 e. The van der Waals surface area contributed by atoms with E-state index in [1.54, 1.807) is 18.3 Å². The van der Waals surface area contributed by atoms with Crippen LogP contribution in [0.5, 0.6) is 0 Å². The van der Waals surface area contributed by atoms with Crippen LogP contribution in [0.1, 0.15) is 33.9 Å². The van der Waals surface area contributed by atoms with Gasteiger partial charge in [-0.3, -0.25) is 4.79 Å². The third-order valence-corrected chi connectivity index (χ3v) is 4.11. The Morgan fingerprint density at radius 2 is 2.29 bits per heavy atom. The van der Waals surface area contributed by atoms with Gasteiger partial charge >= 0.3 is 0 Å². The number of nitrogens with one attached hydrogen (secondary N) is 1. The third kappa shape index (κ3) is 4.30. The summed E-state index contributed by atoms with van der Waals surface area (Å²) >= 11 is 7.33. The number of nitrogens with zero attached hydrogens (tertiary/aromatic N) is 1. The predicted molar refractivity (Wildman–Crippen MR) is 85.4 cm³/mol. The maximum atomic E-state index is 12.1. The number of hydrogen-bond acceptors (Lipinski definition) is 4. The van der Waals surface area contributed by atoms with Gasteiger partial charge in [-0.25, -0.2) is 4.98 Å². The predicted octanol–water partition coefficient (Wildman–Crippen LogP) is 2.60. The van der Waals surface area contributed by atoms with E-state index in [4.69, 9.17) is 17.3 Å². The van der Waals surface area contributed by atoms with Crippen LogP contribution >= 0.6 is 22.9 Å². The van der Waals surface area contributed by atoms with Crippen LogP contribution in [0.4, 0.5) is 0 Å². The minimum atomic E-state index is -0.231. The smallest absolute Gasteiger partial charge is 0.270 e. The van der Waals surface area contributed by atoms with Crippen molar-refractivity contribution in [1.82, 2.24) is 10.3 Å². The van der Waals surface area contributed by atoms with E-state index in [1.807, 2.05) is 19.1 Å². The van der Waals surface area contributed by atoms with E-state index in [1.165, 1.54) is 11.3 Å². The van der Waals surface area contributed by atoms with Gasteiger partial charge in [-0.1, -0.05) is 23.4 Å². The fraction of sp³-hybridized carbons (Fsp3) is 0.200. The minimum Gasteiger partial charge on any atom is -0.343 e. The highest BCUT2D eigenvalue weighted by molar-refractivity contribution is 7.16. The average molecular weight is 320 g/mol. The molecule has 3 N–H and O–H groups in total. The second-order valence-corrected chi connectivity index (χ2v) is 6.02. The van der Waals surface area contributed by atoms with E-state index in [2.05, 4.69) is 22.1 Å². The van der Waals surface area contributed by atoms with E-state index in [0.717, 1.165) is 10.4 Å². The number of carbonyl (C=O) groups excluding carboxylic acids is 1. The van der Waals surface area contributed by atoms with Crippen molar-refractivity contribution in [2.75, 3.05) is 6.54 Å². The molecule has 108 valence electrons. The molecular formula is C15H14ClN3OS. The van der Waals surface area contributed by atoms with E-state index < -0.39 is 0 Å². The molecule has 0 aliphatic carbocycles. The van der Waals surface area contributed by atoms with Crippen molar-refractivity contribution in [3.8, 4) is 11.8 Å². The Labute approximate surface area is 132 Å². The number of halogens is 1. The summed E-state index contributed by atoms with van der Waals surface area (Å²) in [5.41, 5.74) is 6.38. The molecule has 0 bridgehead atoms. The quantitative estimate of drug-likeness (QED) is 0.854. The number of hydrogen-bond donors (Lipinski definition) is 2. The maximum Gasteiger partial charge on any atom is 0.270 e. The first-order valence-electron chi connectivity index (χ1n) is 6.31. The molecule has 0 aliphatic rings. The third-order valence-electron chi connectivity index (χ3n) is 2.70. The van der Waals surface area contributed by atoms with Crippen molar-refractivity contribution in [3.05, 3.63) is 50.9 Å². The Balaban J connectivity index is 2.03. The molecule has 0 radical (unpaired) electrons. The first-order chi connectivity index (χ1) is 10.1. The van der Waals surface area contributed by atoms with Crippen LogP contribution in [-0.4, -0.2) is 17.4 Å². The summed E-state index contributed by atoms with van der Waals surface area (Å²) < 4.78 is 0.701. The fourth-order valence-electron chi connectivity index (χ4n) is 1.66. The molecule has 2 rings (SSSR count). The van der Waals surface area contributed by atoms with Gasteiger partial charge in [-0.2, -0.15) is 0 Å². The lowest BCUT2D eigenvalue weighted by atomic mass is 10.2. The highest BCUT2D eigenvalue weighted by Crippen LogP contribution is 2.26. The van der Waals surface area contributed by atoms with Crippen molar-refractivity contribution >= 4 is 28.8 Å². The number of aromatic nitrogens is 1. The van der Waals surface area contributed by atoms with E-state index in [9.17, 15) is 4.79 Å². The monoisotopic (exact) mass is 319 g/mol. The maximum absolute atomic E-state index is 12.1. The van der Waals surface area contributed by atoms with E-state index in [-0.39, 0.29) is 11.9 Å². The summed E-state index contributed by atoms with van der Waals surface area (Å²) in [5.74, 6) is 5.36. The van der Waals surface area contributed by atoms with Crippen molar-refractivity contribution in [2.45, 2.75) is 13.0 Å². The lowest BCUT2D eigenvalue weighted by Crippen LogP contribution is -2.26. The molecule has 0 saturated carbocycles. The molecule has 2 aromatic heterocycles. The molecule has 0 saturated heterocycles. The van der Waals surface area contributed by atoms with Crippen molar-refractivity contribution in [3.63, 3.8) is 0 Å². The Morgan fingerprint density at radius 1 is 1.48 bits per heavy atom. The van der Waals surface area contributed by atoms with Gasteiger partial charge in [0.25, 0.3) is 5.91 Å². The fourth-order valence-corrected chi connectivity index (χ4v) is 2.72. The molecule has 1 amide bonds. The topological polar surface area (TPSA) is 68.0 Å². The summed E-state index contributed by atoms with van der Waals surface area (Å²) in [6.45, 7) is 2.20. The number of carbonyl (C=O) groups is 1. The van der Waals surface area contributed by atoms with Gasteiger partial charge in [-0.05, 0) is 31.2 Å². The SMILES string of the molecule is CC(NC(=O)c1ccc(C#CCN)cn1)c1ccc(Cl)s1. The molecule has 21 heavy (non-hydrogen) atoms. The number of thiophene rings is 1.